The Hall–Kier alpha value is -2.90. The van der Waals surface area contributed by atoms with Crippen LogP contribution in [0.5, 0.6) is 5.88 Å². The lowest BCUT2D eigenvalue weighted by molar-refractivity contribution is -0.114. The van der Waals surface area contributed by atoms with Gasteiger partial charge in [0.1, 0.15) is 0 Å². The molecule has 0 unspecified atom stereocenters. The predicted molar refractivity (Wildman–Crippen MR) is 98.0 cm³/mol. The largest absolute Gasteiger partial charge is 0.492 e. The maximum atomic E-state index is 11.9. The molecule has 0 atom stereocenters. The number of anilines is 2. The van der Waals surface area contributed by atoms with Gasteiger partial charge < -0.3 is 15.7 Å². The highest BCUT2D eigenvalue weighted by Crippen LogP contribution is 2.20. The number of nitrogens with zero attached hydrogens (tertiary/aromatic N) is 1. The Morgan fingerprint density at radius 2 is 1.89 bits per heavy atom. The number of nitrogens with two attached hydrogens (primary N) is 1. The van der Waals surface area contributed by atoms with Crippen LogP contribution in [0.2, 0.25) is 0 Å². The fourth-order valence-corrected chi connectivity index (χ4v) is 3.03. The van der Waals surface area contributed by atoms with E-state index in [-0.39, 0.29) is 21.5 Å². The SMILES string of the molecule is CC(=O)Nc1c(O)nc(SCC(=O)Nc2ccc(S(N)(=O)=O)cc2)[nH]c1=O. The molecule has 6 N–H and O–H groups in total. The molecule has 0 radical (unpaired) electrons. The fraction of sp³-hybridized carbons (Fsp3) is 0.143. The number of aromatic nitrogens is 2. The van der Waals surface area contributed by atoms with Crippen LogP contribution in [0, 0.1) is 0 Å². The fourth-order valence-electron chi connectivity index (χ4n) is 1.86. The monoisotopic (exact) mass is 413 g/mol. The van der Waals surface area contributed by atoms with Gasteiger partial charge in [-0.1, -0.05) is 11.8 Å². The number of primary sulfonamides is 1. The predicted octanol–water partition coefficient (Wildman–Crippen LogP) is -0.188. The highest BCUT2D eigenvalue weighted by Gasteiger charge is 2.14. The van der Waals surface area contributed by atoms with Crippen molar-refractivity contribution in [3.63, 3.8) is 0 Å². The van der Waals surface area contributed by atoms with Crippen LogP contribution in [-0.4, -0.2) is 41.1 Å². The Kier molecular flexibility index (Phi) is 6.20. The number of benzene rings is 1. The highest BCUT2D eigenvalue weighted by atomic mass is 32.2. The van der Waals surface area contributed by atoms with Crippen molar-refractivity contribution in [2.24, 2.45) is 5.14 Å². The number of carbonyl (C=O) groups is 2. The minimum absolute atomic E-state index is 0.0219. The van der Waals surface area contributed by atoms with Crippen LogP contribution in [0.15, 0.2) is 39.1 Å². The molecule has 0 bridgehead atoms. The molecule has 1 heterocycles. The molecule has 0 spiro atoms. The molecule has 2 aromatic rings. The summed E-state index contributed by atoms with van der Waals surface area (Å²) in [6.45, 7) is 1.17. The average molecular weight is 413 g/mol. The molecule has 2 rings (SSSR count). The number of aromatic amines is 1. The summed E-state index contributed by atoms with van der Waals surface area (Å²) in [6, 6.07) is 5.23. The van der Waals surface area contributed by atoms with Gasteiger partial charge in [-0.2, -0.15) is 4.98 Å². The summed E-state index contributed by atoms with van der Waals surface area (Å²) < 4.78 is 22.3. The first kappa shape index (κ1) is 20.4. The minimum atomic E-state index is -3.82. The van der Waals surface area contributed by atoms with Gasteiger partial charge in [-0.25, -0.2) is 13.6 Å². The van der Waals surface area contributed by atoms with E-state index in [9.17, 15) is 27.9 Å². The molecule has 11 nitrogen and oxygen atoms in total. The van der Waals surface area contributed by atoms with Crippen LogP contribution in [0.4, 0.5) is 11.4 Å². The number of aromatic hydroxyl groups is 1. The minimum Gasteiger partial charge on any atom is -0.492 e. The Morgan fingerprint density at radius 3 is 2.41 bits per heavy atom. The number of hydrogen-bond acceptors (Lipinski definition) is 8. The topological polar surface area (TPSA) is 184 Å². The van der Waals surface area contributed by atoms with Gasteiger partial charge in [0.25, 0.3) is 5.56 Å². The Morgan fingerprint density at radius 1 is 1.26 bits per heavy atom. The molecule has 0 saturated carbocycles. The number of H-pyrrole nitrogens is 1. The molecule has 27 heavy (non-hydrogen) atoms. The van der Waals surface area contributed by atoms with Crippen molar-refractivity contribution in [2.45, 2.75) is 17.0 Å². The van der Waals surface area contributed by atoms with E-state index < -0.39 is 33.3 Å². The average Bonchev–Trinajstić information content (AvgIpc) is 2.56. The zero-order chi connectivity index (χ0) is 20.2. The van der Waals surface area contributed by atoms with E-state index >= 15 is 0 Å². The molecule has 1 aromatic heterocycles. The van der Waals surface area contributed by atoms with Crippen molar-refractivity contribution < 1.29 is 23.1 Å². The van der Waals surface area contributed by atoms with Gasteiger partial charge in [-0.3, -0.25) is 19.4 Å². The summed E-state index contributed by atoms with van der Waals surface area (Å²) in [7, 11) is -3.82. The molecule has 13 heteroatoms. The van der Waals surface area contributed by atoms with E-state index in [1.54, 1.807) is 0 Å². The van der Waals surface area contributed by atoms with Crippen LogP contribution in [0.3, 0.4) is 0 Å². The van der Waals surface area contributed by atoms with Gasteiger partial charge >= 0.3 is 0 Å². The van der Waals surface area contributed by atoms with Crippen molar-refractivity contribution in [3.05, 3.63) is 34.6 Å². The third-order valence-electron chi connectivity index (χ3n) is 2.99. The van der Waals surface area contributed by atoms with Crippen molar-refractivity contribution in [1.29, 1.82) is 0 Å². The highest BCUT2D eigenvalue weighted by molar-refractivity contribution is 7.99. The van der Waals surface area contributed by atoms with E-state index in [1.807, 2.05) is 0 Å². The molecule has 0 aliphatic heterocycles. The van der Waals surface area contributed by atoms with Gasteiger partial charge in [0.2, 0.25) is 27.7 Å². The van der Waals surface area contributed by atoms with Crippen LogP contribution in [-0.2, 0) is 19.6 Å². The molecular weight excluding hydrogens is 398 g/mol. The summed E-state index contributed by atoms with van der Waals surface area (Å²) in [6.07, 6.45) is 0. The van der Waals surface area contributed by atoms with E-state index in [2.05, 4.69) is 20.6 Å². The lowest BCUT2D eigenvalue weighted by Crippen LogP contribution is -2.20. The summed E-state index contributed by atoms with van der Waals surface area (Å²) in [5, 5.41) is 19.3. The first-order valence-corrected chi connectivity index (χ1v) is 9.76. The van der Waals surface area contributed by atoms with Crippen LogP contribution >= 0.6 is 11.8 Å². The maximum absolute atomic E-state index is 11.9. The Labute approximate surface area is 157 Å². The van der Waals surface area contributed by atoms with Crippen molar-refractivity contribution in [2.75, 3.05) is 16.4 Å². The van der Waals surface area contributed by atoms with Crippen LogP contribution < -0.4 is 21.3 Å². The number of amides is 2. The molecule has 0 aliphatic carbocycles. The summed E-state index contributed by atoms with van der Waals surface area (Å²) >= 11 is 0.844. The Bertz CT molecular complexity index is 1030. The number of hydrogen-bond donors (Lipinski definition) is 5. The van der Waals surface area contributed by atoms with E-state index in [1.165, 1.54) is 31.2 Å². The van der Waals surface area contributed by atoms with Crippen molar-refractivity contribution in [3.8, 4) is 5.88 Å². The normalized spacial score (nSPS) is 11.0. The first-order valence-electron chi connectivity index (χ1n) is 7.22. The van der Waals surface area contributed by atoms with Crippen molar-refractivity contribution in [1.82, 2.24) is 9.97 Å². The van der Waals surface area contributed by atoms with Gasteiger partial charge in [0.05, 0.1) is 10.6 Å². The molecule has 0 aliphatic rings. The zero-order valence-electron chi connectivity index (χ0n) is 13.8. The summed E-state index contributed by atoms with van der Waals surface area (Å²) in [5.41, 5.74) is -0.802. The van der Waals surface area contributed by atoms with E-state index in [0.717, 1.165) is 11.8 Å². The summed E-state index contributed by atoms with van der Waals surface area (Å²) in [4.78, 5) is 40.6. The second-order valence-corrected chi connectivity index (χ2v) is 7.68. The number of thioether (sulfide) groups is 1. The van der Waals surface area contributed by atoms with Gasteiger partial charge in [-0.15, -0.1) is 0 Å². The van der Waals surface area contributed by atoms with Crippen molar-refractivity contribution >= 4 is 45.0 Å². The third-order valence-corrected chi connectivity index (χ3v) is 4.79. The smallest absolute Gasteiger partial charge is 0.279 e. The second-order valence-electron chi connectivity index (χ2n) is 5.16. The molecule has 1 aromatic carbocycles. The summed E-state index contributed by atoms with van der Waals surface area (Å²) in [5.74, 6) is -1.84. The lowest BCUT2D eigenvalue weighted by atomic mass is 10.3. The maximum Gasteiger partial charge on any atom is 0.279 e. The quantitative estimate of drug-likeness (QED) is 0.319. The van der Waals surface area contributed by atoms with E-state index in [0.29, 0.717) is 5.69 Å². The standard InChI is InChI=1S/C14H15N5O6S2/c1-7(20)16-11-12(22)18-14(19-13(11)23)26-6-10(21)17-8-2-4-9(5-3-8)27(15,24)25/h2-5H,6H2,1H3,(H,16,20)(H,17,21)(H2,15,24,25)(H2,18,19,22,23). The van der Waals surface area contributed by atoms with Crippen LogP contribution in [0.25, 0.3) is 0 Å². The van der Waals surface area contributed by atoms with E-state index in [4.69, 9.17) is 5.14 Å². The van der Waals surface area contributed by atoms with Gasteiger partial charge in [0.15, 0.2) is 10.8 Å². The molecular formula is C14H15N5O6S2. The molecule has 144 valence electrons. The molecule has 2 amide bonds. The number of carbonyl (C=O) groups excluding carboxylic acids is 2. The first-order chi connectivity index (χ1) is 12.6. The Balaban J connectivity index is 1.99. The van der Waals surface area contributed by atoms with Gasteiger partial charge in [0, 0.05) is 12.6 Å². The molecule has 0 fully saturated rings. The number of nitrogens with one attached hydrogen (secondary N) is 3. The third kappa shape index (κ3) is 5.80. The van der Waals surface area contributed by atoms with Crippen LogP contribution in [0.1, 0.15) is 6.92 Å². The number of rotatable bonds is 6. The zero-order valence-corrected chi connectivity index (χ0v) is 15.5. The molecule has 0 saturated heterocycles. The lowest BCUT2D eigenvalue weighted by Gasteiger charge is -2.07. The number of sulfonamides is 1. The second kappa shape index (κ2) is 8.20. The van der Waals surface area contributed by atoms with Gasteiger partial charge in [-0.05, 0) is 24.3 Å².